The van der Waals surface area contributed by atoms with E-state index in [1.807, 2.05) is 24.3 Å². The third-order valence-corrected chi connectivity index (χ3v) is 4.30. The summed E-state index contributed by atoms with van der Waals surface area (Å²) >= 11 is 0. The van der Waals surface area contributed by atoms with Gasteiger partial charge in [-0.25, -0.2) is 0 Å². The van der Waals surface area contributed by atoms with Crippen LogP contribution in [0.3, 0.4) is 0 Å². The Morgan fingerprint density at radius 3 is 2.79 bits per heavy atom. The highest BCUT2D eigenvalue weighted by Gasteiger charge is 2.40. The lowest BCUT2D eigenvalue weighted by molar-refractivity contribution is -0.120. The number of hydrogen-bond acceptors (Lipinski definition) is 3. The van der Waals surface area contributed by atoms with Crippen LogP contribution in [0.5, 0.6) is 5.75 Å². The molecule has 0 bridgehead atoms. The summed E-state index contributed by atoms with van der Waals surface area (Å²) in [5.41, 5.74) is 0.849. The van der Waals surface area contributed by atoms with Crippen LogP contribution in [0.1, 0.15) is 19.3 Å². The second-order valence-corrected chi connectivity index (χ2v) is 5.36. The predicted octanol–water partition coefficient (Wildman–Crippen LogP) is 2.12. The van der Waals surface area contributed by atoms with Crippen LogP contribution in [0.15, 0.2) is 24.3 Å². The SMILES string of the molecule is COc1ccc(NC(=O)C2CCN3CCCC23)cc1. The lowest BCUT2D eigenvalue weighted by Crippen LogP contribution is -2.33. The van der Waals surface area contributed by atoms with E-state index in [1.54, 1.807) is 7.11 Å². The largest absolute Gasteiger partial charge is 0.497 e. The van der Waals surface area contributed by atoms with Gasteiger partial charge < -0.3 is 10.1 Å². The van der Waals surface area contributed by atoms with Crippen LogP contribution < -0.4 is 10.1 Å². The lowest BCUT2D eigenvalue weighted by Gasteiger charge is -2.19. The Hall–Kier alpha value is -1.55. The number of carbonyl (C=O) groups excluding carboxylic acids is 1. The zero-order valence-electron chi connectivity index (χ0n) is 11.3. The molecule has 0 spiro atoms. The molecule has 4 nitrogen and oxygen atoms in total. The van der Waals surface area contributed by atoms with Crippen molar-refractivity contribution in [2.45, 2.75) is 25.3 Å². The summed E-state index contributed by atoms with van der Waals surface area (Å²) in [5, 5.41) is 3.03. The molecular formula is C15H20N2O2. The van der Waals surface area contributed by atoms with Crippen molar-refractivity contribution >= 4 is 11.6 Å². The second kappa shape index (κ2) is 5.21. The molecule has 0 radical (unpaired) electrons. The van der Waals surface area contributed by atoms with Crippen molar-refractivity contribution in [3.8, 4) is 5.75 Å². The highest BCUT2D eigenvalue weighted by atomic mass is 16.5. The van der Waals surface area contributed by atoms with Crippen LogP contribution in [0.25, 0.3) is 0 Å². The third kappa shape index (κ3) is 2.45. The van der Waals surface area contributed by atoms with Gasteiger partial charge in [-0.2, -0.15) is 0 Å². The average Bonchev–Trinajstić information content (AvgIpc) is 3.01. The summed E-state index contributed by atoms with van der Waals surface area (Å²) in [4.78, 5) is 14.8. The van der Waals surface area contributed by atoms with Crippen molar-refractivity contribution in [1.29, 1.82) is 0 Å². The molecule has 102 valence electrons. The normalized spacial score (nSPS) is 26.2. The third-order valence-electron chi connectivity index (χ3n) is 4.30. The molecule has 2 unspecified atom stereocenters. The fraction of sp³-hybridized carbons (Fsp3) is 0.533. The molecule has 1 amide bonds. The Morgan fingerprint density at radius 2 is 2.05 bits per heavy atom. The number of ether oxygens (including phenoxy) is 1. The summed E-state index contributed by atoms with van der Waals surface area (Å²) in [7, 11) is 1.64. The Morgan fingerprint density at radius 1 is 1.26 bits per heavy atom. The number of fused-ring (bicyclic) bond motifs is 1. The number of nitrogens with one attached hydrogen (secondary N) is 1. The van der Waals surface area contributed by atoms with E-state index >= 15 is 0 Å². The monoisotopic (exact) mass is 260 g/mol. The maximum absolute atomic E-state index is 12.3. The first kappa shape index (κ1) is 12.5. The Labute approximate surface area is 113 Å². The molecule has 2 atom stereocenters. The van der Waals surface area contributed by atoms with E-state index in [4.69, 9.17) is 4.74 Å². The summed E-state index contributed by atoms with van der Waals surface area (Å²) in [6.07, 6.45) is 3.39. The van der Waals surface area contributed by atoms with E-state index in [0.29, 0.717) is 6.04 Å². The van der Waals surface area contributed by atoms with Crippen LogP contribution in [0.4, 0.5) is 5.69 Å². The Balaban J connectivity index is 1.64. The molecule has 2 aliphatic heterocycles. The first-order chi connectivity index (χ1) is 9.28. The van der Waals surface area contributed by atoms with Gasteiger partial charge in [-0.3, -0.25) is 9.69 Å². The van der Waals surface area contributed by atoms with Crippen molar-refractivity contribution in [3.63, 3.8) is 0 Å². The molecule has 2 heterocycles. The van der Waals surface area contributed by atoms with Gasteiger partial charge in [0, 0.05) is 11.7 Å². The lowest BCUT2D eigenvalue weighted by atomic mass is 9.97. The first-order valence-corrected chi connectivity index (χ1v) is 6.97. The molecule has 19 heavy (non-hydrogen) atoms. The number of benzene rings is 1. The van der Waals surface area contributed by atoms with Crippen LogP contribution >= 0.6 is 0 Å². The van der Waals surface area contributed by atoms with Crippen molar-refractivity contribution in [2.75, 3.05) is 25.5 Å². The summed E-state index contributed by atoms with van der Waals surface area (Å²) < 4.78 is 5.11. The zero-order chi connectivity index (χ0) is 13.2. The van der Waals surface area contributed by atoms with Crippen molar-refractivity contribution < 1.29 is 9.53 Å². The number of rotatable bonds is 3. The van der Waals surface area contributed by atoms with Crippen molar-refractivity contribution in [2.24, 2.45) is 5.92 Å². The highest BCUT2D eigenvalue weighted by molar-refractivity contribution is 5.93. The minimum atomic E-state index is 0.157. The van der Waals surface area contributed by atoms with E-state index < -0.39 is 0 Å². The molecule has 4 heteroatoms. The predicted molar refractivity (Wildman–Crippen MR) is 74.3 cm³/mol. The average molecular weight is 260 g/mol. The first-order valence-electron chi connectivity index (χ1n) is 6.97. The molecule has 2 saturated heterocycles. The molecule has 3 rings (SSSR count). The van der Waals surface area contributed by atoms with Crippen LogP contribution in [0, 0.1) is 5.92 Å². The number of hydrogen-bond donors (Lipinski definition) is 1. The van der Waals surface area contributed by atoms with E-state index in [2.05, 4.69) is 10.2 Å². The molecule has 1 aromatic rings. The maximum atomic E-state index is 12.3. The van der Waals surface area contributed by atoms with Gasteiger partial charge in [-0.15, -0.1) is 0 Å². The van der Waals surface area contributed by atoms with Gasteiger partial charge in [0.1, 0.15) is 5.75 Å². The number of carbonyl (C=O) groups is 1. The van der Waals surface area contributed by atoms with Gasteiger partial charge in [0.05, 0.1) is 13.0 Å². The van der Waals surface area contributed by atoms with E-state index in [9.17, 15) is 4.79 Å². The van der Waals surface area contributed by atoms with Gasteiger partial charge >= 0.3 is 0 Å². The van der Waals surface area contributed by atoms with Gasteiger partial charge in [0.25, 0.3) is 0 Å². The smallest absolute Gasteiger partial charge is 0.229 e. The molecule has 2 aliphatic rings. The van der Waals surface area contributed by atoms with E-state index in [0.717, 1.165) is 30.9 Å². The van der Waals surface area contributed by atoms with Crippen LogP contribution in [0.2, 0.25) is 0 Å². The van der Waals surface area contributed by atoms with E-state index in [1.165, 1.54) is 12.8 Å². The van der Waals surface area contributed by atoms with Gasteiger partial charge in [0.15, 0.2) is 0 Å². The topological polar surface area (TPSA) is 41.6 Å². The minimum Gasteiger partial charge on any atom is -0.497 e. The number of anilines is 1. The van der Waals surface area contributed by atoms with Crippen molar-refractivity contribution in [3.05, 3.63) is 24.3 Å². The second-order valence-electron chi connectivity index (χ2n) is 5.36. The fourth-order valence-electron chi connectivity index (χ4n) is 3.30. The molecular weight excluding hydrogens is 240 g/mol. The summed E-state index contributed by atoms with van der Waals surface area (Å²) in [5.74, 6) is 1.13. The summed E-state index contributed by atoms with van der Waals surface area (Å²) in [6.45, 7) is 2.24. The van der Waals surface area contributed by atoms with E-state index in [-0.39, 0.29) is 11.8 Å². The highest BCUT2D eigenvalue weighted by Crippen LogP contribution is 2.33. The maximum Gasteiger partial charge on any atom is 0.229 e. The number of amides is 1. The Kier molecular flexibility index (Phi) is 3.42. The van der Waals surface area contributed by atoms with Crippen LogP contribution in [-0.4, -0.2) is 37.0 Å². The summed E-state index contributed by atoms with van der Waals surface area (Å²) in [6, 6.07) is 7.98. The molecule has 1 N–H and O–H groups in total. The van der Waals surface area contributed by atoms with Crippen molar-refractivity contribution in [1.82, 2.24) is 4.90 Å². The standard InChI is InChI=1S/C15H20N2O2/c1-19-12-6-4-11(5-7-12)16-15(18)13-8-10-17-9-2-3-14(13)17/h4-7,13-14H,2-3,8-10H2,1H3,(H,16,18). The molecule has 0 saturated carbocycles. The minimum absolute atomic E-state index is 0.157. The quantitative estimate of drug-likeness (QED) is 0.905. The van der Waals surface area contributed by atoms with Crippen LogP contribution in [-0.2, 0) is 4.79 Å². The number of nitrogens with zero attached hydrogens (tertiary/aromatic N) is 1. The number of methoxy groups -OCH3 is 1. The zero-order valence-corrected chi connectivity index (χ0v) is 11.3. The van der Waals surface area contributed by atoms with Gasteiger partial charge in [-0.1, -0.05) is 0 Å². The Bertz CT molecular complexity index is 458. The molecule has 2 fully saturated rings. The van der Waals surface area contributed by atoms with Gasteiger partial charge in [0.2, 0.25) is 5.91 Å². The fourth-order valence-corrected chi connectivity index (χ4v) is 3.30. The molecule has 0 aliphatic carbocycles. The van der Waals surface area contributed by atoms with Gasteiger partial charge in [-0.05, 0) is 56.6 Å². The molecule has 1 aromatic carbocycles. The molecule has 0 aromatic heterocycles.